The molecule has 3 N–H and O–H groups in total. The number of fused-ring (bicyclic) bond motifs is 3. The van der Waals surface area contributed by atoms with Crippen molar-refractivity contribution in [1.82, 2.24) is 19.5 Å². The van der Waals surface area contributed by atoms with Crippen molar-refractivity contribution in [2.24, 2.45) is 0 Å². The van der Waals surface area contributed by atoms with Crippen molar-refractivity contribution in [2.75, 3.05) is 0 Å². The molecule has 0 bridgehead atoms. The molecule has 0 atom stereocenters. The third-order valence-electron chi connectivity index (χ3n) is 10.4. The molecule has 0 saturated heterocycles. The fourth-order valence-electron chi connectivity index (χ4n) is 7.98. The minimum atomic E-state index is -1.09. The Labute approximate surface area is 298 Å². The fraction of sp³-hybridized carbons (Fsp3) is 0.136. The van der Waals surface area contributed by atoms with Gasteiger partial charge in [-0.25, -0.2) is 9.78 Å². The van der Waals surface area contributed by atoms with Crippen molar-refractivity contribution in [3.63, 3.8) is 0 Å². The molecule has 0 amide bonds. The number of pyridine rings is 2. The topological polar surface area (TPSA) is 121 Å². The lowest BCUT2D eigenvalue weighted by Crippen LogP contribution is -2.14. The van der Waals surface area contributed by atoms with E-state index in [2.05, 4.69) is 14.5 Å². The number of aromatic amines is 2. The van der Waals surface area contributed by atoms with Crippen LogP contribution in [0.4, 0.5) is 0 Å². The molecule has 5 aromatic carbocycles. The highest BCUT2D eigenvalue weighted by Crippen LogP contribution is 2.44. The summed E-state index contributed by atoms with van der Waals surface area (Å²) in [5, 5.41) is 12.0. The zero-order valence-corrected chi connectivity index (χ0v) is 28.2. The van der Waals surface area contributed by atoms with Crippen LogP contribution in [-0.4, -0.2) is 30.6 Å². The number of benzene rings is 5. The molecule has 1 aliphatic carbocycles. The minimum absolute atomic E-state index is 0.101. The first-order valence-electron chi connectivity index (χ1n) is 17.7. The predicted octanol–water partition coefficient (Wildman–Crippen LogP) is 9.59. The van der Waals surface area contributed by atoms with Crippen molar-refractivity contribution in [2.45, 2.75) is 38.1 Å². The summed E-state index contributed by atoms with van der Waals surface area (Å²) in [6.45, 7) is 0. The molecule has 0 spiro atoms. The van der Waals surface area contributed by atoms with Crippen LogP contribution in [0.3, 0.4) is 0 Å². The van der Waals surface area contributed by atoms with Crippen molar-refractivity contribution in [3.05, 3.63) is 147 Å². The summed E-state index contributed by atoms with van der Waals surface area (Å²) in [6.07, 6.45) is 6.81. The second-order valence-electron chi connectivity index (χ2n) is 13.6. The second-order valence-corrected chi connectivity index (χ2v) is 13.6. The van der Waals surface area contributed by atoms with E-state index >= 15 is 0 Å². The normalized spacial score (nSPS) is 13.6. The second kappa shape index (κ2) is 12.7. The first-order chi connectivity index (χ1) is 25.4. The maximum Gasteiger partial charge on any atom is 0.337 e. The maximum absolute atomic E-state index is 13.7. The van der Waals surface area contributed by atoms with Crippen LogP contribution >= 0.6 is 0 Å². The lowest BCUT2D eigenvalue weighted by atomic mass is 9.89. The smallest absolute Gasteiger partial charge is 0.337 e. The number of carbonyl (C=O) groups is 1. The van der Waals surface area contributed by atoms with E-state index in [9.17, 15) is 19.5 Å². The van der Waals surface area contributed by atoms with Crippen molar-refractivity contribution >= 4 is 38.8 Å². The van der Waals surface area contributed by atoms with Gasteiger partial charge >= 0.3 is 5.97 Å². The van der Waals surface area contributed by atoms with E-state index in [-0.39, 0.29) is 22.5 Å². The molecule has 1 saturated carbocycles. The van der Waals surface area contributed by atoms with Crippen molar-refractivity contribution < 1.29 is 9.90 Å². The summed E-state index contributed by atoms with van der Waals surface area (Å²) in [5.41, 5.74) is 7.42. The molecule has 9 rings (SSSR count). The largest absolute Gasteiger partial charge is 0.478 e. The van der Waals surface area contributed by atoms with Gasteiger partial charge in [-0.2, -0.15) is 0 Å². The summed E-state index contributed by atoms with van der Waals surface area (Å²) in [6, 6.07) is 35.8. The Balaban J connectivity index is 1.36. The molecule has 254 valence electrons. The minimum Gasteiger partial charge on any atom is -0.478 e. The van der Waals surface area contributed by atoms with Crippen LogP contribution in [0.15, 0.2) is 131 Å². The van der Waals surface area contributed by atoms with E-state index in [0.717, 1.165) is 65.5 Å². The summed E-state index contributed by atoms with van der Waals surface area (Å²) in [7, 11) is 0. The quantitative estimate of drug-likeness (QED) is 0.161. The average molecular weight is 683 g/mol. The van der Waals surface area contributed by atoms with E-state index < -0.39 is 5.97 Å². The van der Waals surface area contributed by atoms with Gasteiger partial charge in [0.15, 0.2) is 10.9 Å². The van der Waals surface area contributed by atoms with Gasteiger partial charge in [0.1, 0.15) is 5.82 Å². The van der Waals surface area contributed by atoms with Gasteiger partial charge in [0.25, 0.3) is 0 Å². The lowest BCUT2D eigenvalue weighted by Gasteiger charge is -2.26. The molecule has 52 heavy (non-hydrogen) atoms. The van der Waals surface area contributed by atoms with Crippen molar-refractivity contribution in [1.29, 1.82) is 0 Å². The highest BCUT2D eigenvalue weighted by atomic mass is 16.4. The van der Waals surface area contributed by atoms with Gasteiger partial charge in [-0.1, -0.05) is 86.0 Å². The maximum atomic E-state index is 13.7. The zero-order valence-electron chi connectivity index (χ0n) is 28.2. The van der Waals surface area contributed by atoms with Gasteiger partial charge in [-0.05, 0) is 71.5 Å². The highest BCUT2D eigenvalue weighted by Gasteiger charge is 2.29. The van der Waals surface area contributed by atoms with Gasteiger partial charge in [0.05, 0.1) is 16.6 Å². The molecule has 0 radical (unpaired) electrons. The molecule has 1 fully saturated rings. The van der Waals surface area contributed by atoms with Gasteiger partial charge in [-0.3, -0.25) is 9.59 Å². The third kappa shape index (κ3) is 5.31. The van der Waals surface area contributed by atoms with Crippen LogP contribution in [0.2, 0.25) is 0 Å². The highest BCUT2D eigenvalue weighted by molar-refractivity contribution is 6.12. The SMILES string of the molecule is O=C(O)c1c(-c2ccccc2)cc2c(nc(-c3ccc4[nH]c(-c5ccccc5)cc(=O)c4c3)n2C2CCCCC2)c1-c1ccc2[nH]ccc(=O)c2c1. The molecule has 0 aliphatic heterocycles. The number of rotatable bonds is 6. The van der Waals surface area contributed by atoms with Crippen LogP contribution in [0.25, 0.3) is 77.7 Å². The molecule has 8 nitrogen and oxygen atoms in total. The first-order valence-corrected chi connectivity index (χ1v) is 17.7. The Morgan fingerprint density at radius 2 is 1.37 bits per heavy atom. The molecule has 8 heteroatoms. The number of hydrogen-bond donors (Lipinski definition) is 3. The van der Waals surface area contributed by atoms with Gasteiger partial charge in [0.2, 0.25) is 0 Å². The lowest BCUT2D eigenvalue weighted by molar-refractivity contribution is 0.0698. The van der Waals surface area contributed by atoms with E-state index in [0.29, 0.717) is 44.3 Å². The van der Waals surface area contributed by atoms with E-state index in [1.165, 1.54) is 6.07 Å². The van der Waals surface area contributed by atoms with Crippen LogP contribution in [-0.2, 0) is 0 Å². The Bertz CT molecular complexity index is 2790. The number of hydrogen-bond acceptors (Lipinski definition) is 4. The van der Waals surface area contributed by atoms with Crippen LogP contribution in [0.1, 0.15) is 48.5 Å². The summed E-state index contributed by atoms with van der Waals surface area (Å²) >= 11 is 0. The molecular formula is C44H34N4O4. The standard InChI is InChI=1S/C44H34N4O4/c49-38-20-21-45-34-18-16-28(22-32(34)38)40-41(44(51)52)31(26-10-4-1-5-11-26)24-37-42(40)47-43(48(37)30-14-8-3-9-15-30)29-17-19-35-33(23-29)39(50)25-36(46-35)27-12-6-2-7-13-27/h1-2,4-7,10-13,16-25,30H,3,8-9,14-15H2,(H,45,49)(H,46,50)(H,51,52). The Kier molecular flexibility index (Phi) is 7.65. The molecule has 0 unspecified atom stereocenters. The average Bonchev–Trinajstić information content (AvgIpc) is 3.57. The monoisotopic (exact) mass is 682 g/mol. The van der Waals surface area contributed by atoms with Gasteiger partial charge < -0.3 is 19.6 Å². The van der Waals surface area contributed by atoms with Crippen LogP contribution < -0.4 is 10.9 Å². The molecule has 1 aliphatic rings. The number of carboxylic acids is 1. The number of nitrogens with zero attached hydrogens (tertiary/aromatic N) is 2. The first kappa shape index (κ1) is 31.4. The van der Waals surface area contributed by atoms with Crippen LogP contribution in [0.5, 0.6) is 0 Å². The summed E-state index contributed by atoms with van der Waals surface area (Å²) in [4.78, 5) is 52.0. The Morgan fingerprint density at radius 3 is 2.12 bits per heavy atom. The van der Waals surface area contributed by atoms with Crippen molar-refractivity contribution in [3.8, 4) is 44.9 Å². The van der Waals surface area contributed by atoms with E-state index in [1.807, 2.05) is 97.1 Å². The summed E-state index contributed by atoms with van der Waals surface area (Å²) < 4.78 is 2.28. The number of carboxylic acid groups (broad SMARTS) is 1. The number of nitrogens with one attached hydrogen (secondary N) is 2. The molecule has 3 aromatic heterocycles. The Morgan fingerprint density at radius 1 is 0.692 bits per heavy atom. The van der Waals surface area contributed by atoms with Gasteiger partial charge in [-0.15, -0.1) is 0 Å². The fourth-order valence-corrected chi connectivity index (χ4v) is 7.98. The zero-order chi connectivity index (χ0) is 35.3. The molecule has 8 aromatic rings. The molecule has 3 heterocycles. The number of H-pyrrole nitrogens is 2. The van der Waals surface area contributed by atoms with Crippen LogP contribution in [0, 0.1) is 0 Å². The molecular weight excluding hydrogens is 649 g/mol. The van der Waals surface area contributed by atoms with E-state index in [1.54, 1.807) is 18.3 Å². The van der Waals surface area contributed by atoms with E-state index in [4.69, 9.17) is 4.98 Å². The number of aromatic carboxylic acids is 1. The van der Waals surface area contributed by atoms with Gasteiger partial charge in [0, 0.05) is 63.0 Å². The third-order valence-corrected chi connectivity index (χ3v) is 10.4. The predicted molar refractivity (Wildman–Crippen MR) is 207 cm³/mol. The number of aromatic nitrogens is 4. The summed E-state index contributed by atoms with van der Waals surface area (Å²) in [5.74, 6) is -0.408. The number of imidazole rings is 1. The Hall–Kier alpha value is -6.54.